The first kappa shape index (κ1) is 29.3. The molecule has 1 N–H and O–H groups in total. The molecule has 4 aromatic rings. The number of benzene rings is 2. The lowest BCUT2D eigenvalue weighted by atomic mass is 10.0. The van der Waals surface area contributed by atoms with Gasteiger partial charge in [0.2, 0.25) is 0 Å². The number of aromatic nitrogens is 4. The summed E-state index contributed by atoms with van der Waals surface area (Å²) >= 11 is 0. The number of nitrogens with one attached hydrogen (secondary N) is 1. The SMILES string of the molecule is C#CCn1c(=O)c2[nH]c(CCc3ccc(-c4ccccc4)cc3)nc2n(CCCCP(=O)(OCC)OCC)c1=O. The Morgan fingerprint density at radius 3 is 2.25 bits per heavy atom. The molecule has 210 valence electrons. The van der Waals surface area contributed by atoms with Crippen molar-refractivity contribution in [3.05, 3.63) is 86.8 Å². The number of fused-ring (bicyclic) bond motifs is 1. The minimum atomic E-state index is -3.17. The molecule has 0 saturated heterocycles. The second-order valence-corrected chi connectivity index (χ2v) is 11.5. The number of rotatable bonds is 14. The summed E-state index contributed by atoms with van der Waals surface area (Å²) in [5.41, 5.74) is 2.99. The number of nitrogens with zero attached hydrogens (tertiary/aromatic N) is 3. The van der Waals surface area contributed by atoms with Crippen LogP contribution in [-0.4, -0.2) is 38.5 Å². The molecule has 0 fully saturated rings. The van der Waals surface area contributed by atoms with Crippen LogP contribution in [0.25, 0.3) is 22.3 Å². The predicted octanol–water partition coefficient (Wildman–Crippen LogP) is 5.02. The van der Waals surface area contributed by atoms with E-state index in [4.69, 9.17) is 15.5 Å². The molecular formula is C30H35N4O5P. The van der Waals surface area contributed by atoms with Gasteiger partial charge in [0.25, 0.3) is 5.56 Å². The van der Waals surface area contributed by atoms with Crippen LogP contribution in [0.2, 0.25) is 0 Å². The average Bonchev–Trinajstić information content (AvgIpc) is 3.39. The van der Waals surface area contributed by atoms with Crippen LogP contribution in [0.15, 0.2) is 64.2 Å². The van der Waals surface area contributed by atoms with Crippen molar-refractivity contribution in [2.45, 2.75) is 52.6 Å². The Bertz CT molecular complexity index is 1620. The third-order valence-electron chi connectivity index (χ3n) is 6.59. The largest absolute Gasteiger partial charge is 0.336 e. The van der Waals surface area contributed by atoms with Gasteiger partial charge in [0, 0.05) is 13.0 Å². The van der Waals surface area contributed by atoms with Crippen LogP contribution in [0.4, 0.5) is 0 Å². The van der Waals surface area contributed by atoms with Crippen LogP contribution in [0.3, 0.4) is 0 Å². The van der Waals surface area contributed by atoms with Crippen molar-refractivity contribution in [3.63, 3.8) is 0 Å². The van der Waals surface area contributed by atoms with Gasteiger partial charge in [-0.1, -0.05) is 60.5 Å². The molecular weight excluding hydrogens is 527 g/mol. The topological polar surface area (TPSA) is 108 Å². The molecule has 4 rings (SSSR count). The Morgan fingerprint density at radius 2 is 1.60 bits per heavy atom. The summed E-state index contributed by atoms with van der Waals surface area (Å²) in [6, 6.07) is 18.5. The van der Waals surface area contributed by atoms with E-state index in [0.717, 1.165) is 21.3 Å². The van der Waals surface area contributed by atoms with Crippen LogP contribution in [-0.2, 0) is 39.5 Å². The first-order valence-corrected chi connectivity index (χ1v) is 15.3. The Morgan fingerprint density at radius 1 is 0.925 bits per heavy atom. The molecule has 2 heterocycles. The van der Waals surface area contributed by atoms with Crippen molar-refractivity contribution in [3.8, 4) is 23.5 Å². The van der Waals surface area contributed by atoms with E-state index in [1.807, 2.05) is 18.2 Å². The zero-order valence-corrected chi connectivity index (χ0v) is 23.9. The zero-order chi connectivity index (χ0) is 28.5. The zero-order valence-electron chi connectivity index (χ0n) is 23.0. The third kappa shape index (κ3) is 6.89. The molecule has 0 aliphatic heterocycles. The molecule has 0 saturated carbocycles. The third-order valence-corrected chi connectivity index (χ3v) is 8.75. The fraction of sp³-hybridized carbons (Fsp3) is 0.367. The van der Waals surface area contributed by atoms with Gasteiger partial charge in [-0.05, 0) is 49.8 Å². The summed E-state index contributed by atoms with van der Waals surface area (Å²) in [7, 11) is -3.17. The number of aryl methyl sites for hydroxylation is 3. The number of H-pyrrole nitrogens is 1. The number of hydrogen-bond acceptors (Lipinski definition) is 6. The van der Waals surface area contributed by atoms with E-state index >= 15 is 0 Å². The van der Waals surface area contributed by atoms with E-state index in [-0.39, 0.29) is 24.8 Å². The molecule has 0 bridgehead atoms. The van der Waals surface area contributed by atoms with E-state index < -0.39 is 18.8 Å². The molecule has 10 heteroatoms. The van der Waals surface area contributed by atoms with Crippen LogP contribution in [0.1, 0.15) is 38.1 Å². The van der Waals surface area contributed by atoms with Crippen LogP contribution < -0.4 is 11.2 Å². The van der Waals surface area contributed by atoms with Crippen molar-refractivity contribution >= 4 is 18.8 Å². The minimum Gasteiger partial charge on any atom is -0.336 e. The maximum atomic E-state index is 13.2. The fourth-order valence-corrected chi connectivity index (χ4v) is 6.39. The van der Waals surface area contributed by atoms with Gasteiger partial charge in [-0.2, -0.15) is 0 Å². The maximum absolute atomic E-state index is 13.2. The summed E-state index contributed by atoms with van der Waals surface area (Å²) in [6.45, 7) is 4.27. The molecule has 0 atom stereocenters. The van der Waals surface area contributed by atoms with Gasteiger partial charge < -0.3 is 14.0 Å². The van der Waals surface area contributed by atoms with Crippen molar-refractivity contribution in [1.82, 2.24) is 19.1 Å². The molecule has 0 unspecified atom stereocenters. The van der Waals surface area contributed by atoms with E-state index in [1.165, 1.54) is 4.57 Å². The first-order valence-electron chi connectivity index (χ1n) is 13.6. The van der Waals surface area contributed by atoms with Crippen molar-refractivity contribution in [2.75, 3.05) is 19.4 Å². The van der Waals surface area contributed by atoms with Crippen LogP contribution >= 0.6 is 7.60 Å². The Hall–Kier alpha value is -3.70. The van der Waals surface area contributed by atoms with Crippen LogP contribution in [0.5, 0.6) is 0 Å². The lowest BCUT2D eigenvalue weighted by Crippen LogP contribution is -2.40. The summed E-state index contributed by atoms with van der Waals surface area (Å²) in [5, 5.41) is 0. The predicted molar refractivity (Wildman–Crippen MR) is 158 cm³/mol. The molecule has 0 radical (unpaired) electrons. The van der Waals surface area contributed by atoms with Crippen molar-refractivity contribution in [2.24, 2.45) is 0 Å². The summed E-state index contributed by atoms with van der Waals surface area (Å²) < 4.78 is 26.0. The lowest BCUT2D eigenvalue weighted by molar-refractivity contribution is 0.219. The Balaban J connectivity index is 1.52. The highest BCUT2D eigenvalue weighted by Gasteiger charge is 2.23. The van der Waals surface area contributed by atoms with E-state index in [2.05, 4.69) is 52.3 Å². The number of hydrogen-bond donors (Lipinski definition) is 1. The van der Waals surface area contributed by atoms with Crippen molar-refractivity contribution in [1.29, 1.82) is 0 Å². The quantitative estimate of drug-likeness (QED) is 0.131. The number of unbranched alkanes of at least 4 members (excludes halogenated alkanes) is 1. The average molecular weight is 563 g/mol. The standard InChI is InChI=1S/C30H35N4O5P/c1-4-20-34-29(35)27-28(33(30(34)36)21-10-11-22-40(37,38-5-2)39-6-3)32-26(31-27)19-16-23-14-17-25(18-15-23)24-12-8-7-9-13-24/h1,7-9,12-15,17-18H,5-6,10-11,16,19-22H2,2-3H3,(H,31,32). The number of imidazole rings is 1. The van der Waals surface area contributed by atoms with Gasteiger partial charge in [-0.25, -0.2) is 14.3 Å². The highest BCUT2D eigenvalue weighted by atomic mass is 31.2. The molecule has 9 nitrogen and oxygen atoms in total. The second-order valence-electron chi connectivity index (χ2n) is 9.35. The molecule has 0 aliphatic rings. The lowest BCUT2D eigenvalue weighted by Gasteiger charge is -2.17. The van der Waals surface area contributed by atoms with Gasteiger partial charge in [0.1, 0.15) is 11.3 Å². The van der Waals surface area contributed by atoms with Crippen molar-refractivity contribution < 1.29 is 13.6 Å². The second kappa shape index (κ2) is 13.6. The Labute approximate surface area is 233 Å². The van der Waals surface area contributed by atoms with E-state index in [9.17, 15) is 14.2 Å². The van der Waals surface area contributed by atoms with E-state index in [0.29, 0.717) is 50.4 Å². The summed E-state index contributed by atoms with van der Waals surface area (Å²) in [6.07, 6.45) is 7.98. The molecule has 40 heavy (non-hydrogen) atoms. The molecule has 2 aromatic heterocycles. The molecule has 2 aromatic carbocycles. The minimum absolute atomic E-state index is 0.139. The first-order chi connectivity index (χ1) is 19.4. The number of aromatic amines is 1. The van der Waals surface area contributed by atoms with Gasteiger partial charge in [-0.15, -0.1) is 6.42 Å². The van der Waals surface area contributed by atoms with Gasteiger partial charge in [0.05, 0.1) is 25.9 Å². The summed E-state index contributed by atoms with van der Waals surface area (Å²) in [5.74, 6) is 3.00. The molecule has 0 aliphatic carbocycles. The summed E-state index contributed by atoms with van der Waals surface area (Å²) in [4.78, 5) is 34.0. The maximum Gasteiger partial charge on any atom is 0.333 e. The normalized spacial score (nSPS) is 11.6. The highest BCUT2D eigenvalue weighted by Crippen LogP contribution is 2.48. The van der Waals surface area contributed by atoms with Gasteiger partial charge >= 0.3 is 13.3 Å². The fourth-order valence-electron chi connectivity index (χ4n) is 4.66. The molecule has 0 spiro atoms. The smallest absolute Gasteiger partial charge is 0.333 e. The Kier molecular flexibility index (Phi) is 9.94. The molecule has 0 amide bonds. The van der Waals surface area contributed by atoms with Crippen LogP contribution in [0, 0.1) is 12.3 Å². The van der Waals surface area contributed by atoms with Gasteiger partial charge in [-0.3, -0.25) is 13.9 Å². The number of terminal acetylenes is 1. The monoisotopic (exact) mass is 562 g/mol. The van der Waals surface area contributed by atoms with Gasteiger partial charge in [0.15, 0.2) is 5.65 Å². The highest BCUT2D eigenvalue weighted by molar-refractivity contribution is 7.53. The van der Waals surface area contributed by atoms with E-state index in [1.54, 1.807) is 13.8 Å².